The fraction of sp³-hybridized carbons (Fsp3) is 0.438. The summed E-state index contributed by atoms with van der Waals surface area (Å²) in [6.45, 7) is 2.51. The molecule has 0 fully saturated rings. The first-order chi connectivity index (χ1) is 10.7. The van der Waals surface area contributed by atoms with Crippen LogP contribution in [0.1, 0.15) is 36.2 Å². The van der Waals surface area contributed by atoms with Gasteiger partial charge in [-0.15, -0.1) is 0 Å². The van der Waals surface area contributed by atoms with Gasteiger partial charge in [-0.3, -0.25) is 4.99 Å². The Morgan fingerprint density at radius 2 is 2.23 bits per heavy atom. The molecule has 1 heterocycles. The summed E-state index contributed by atoms with van der Waals surface area (Å²) in [5.41, 5.74) is 9.78. The van der Waals surface area contributed by atoms with Crippen LogP contribution in [0.2, 0.25) is 0 Å². The molecule has 6 nitrogen and oxygen atoms in total. The lowest BCUT2D eigenvalue weighted by atomic mass is 10.1. The van der Waals surface area contributed by atoms with Crippen LogP contribution in [0.5, 0.6) is 0 Å². The van der Waals surface area contributed by atoms with Gasteiger partial charge in [0.1, 0.15) is 0 Å². The maximum Gasteiger partial charge on any atom is 0.226 e. The molecular weight excluding hydrogens is 278 g/mol. The fourth-order valence-corrected chi connectivity index (χ4v) is 2.65. The Labute approximate surface area is 129 Å². The van der Waals surface area contributed by atoms with Gasteiger partial charge < -0.3 is 15.6 Å². The fourth-order valence-electron chi connectivity index (χ4n) is 2.65. The molecule has 3 rings (SSSR count). The van der Waals surface area contributed by atoms with Gasteiger partial charge in [-0.2, -0.15) is 4.98 Å². The summed E-state index contributed by atoms with van der Waals surface area (Å²) in [5, 5.41) is 7.03. The number of nitrogens with two attached hydrogens (primary N) is 1. The van der Waals surface area contributed by atoms with Crippen molar-refractivity contribution in [2.24, 2.45) is 10.7 Å². The van der Waals surface area contributed by atoms with Crippen LogP contribution in [0.25, 0.3) is 0 Å². The zero-order valence-electron chi connectivity index (χ0n) is 12.8. The van der Waals surface area contributed by atoms with E-state index in [1.807, 2.05) is 6.92 Å². The molecule has 0 spiro atoms. The second-order valence-electron chi connectivity index (χ2n) is 5.44. The summed E-state index contributed by atoms with van der Waals surface area (Å²) in [5.74, 6) is 1.74. The Morgan fingerprint density at radius 3 is 3.05 bits per heavy atom. The predicted octanol–water partition coefficient (Wildman–Crippen LogP) is 2.09. The van der Waals surface area contributed by atoms with Crippen LogP contribution in [-0.4, -0.2) is 22.6 Å². The number of benzene rings is 1. The molecule has 1 aromatic heterocycles. The smallest absolute Gasteiger partial charge is 0.226 e. The minimum atomic E-state index is 0.414. The van der Waals surface area contributed by atoms with Gasteiger partial charge in [0.15, 0.2) is 11.8 Å². The normalized spacial score (nSPS) is 14.1. The van der Waals surface area contributed by atoms with Crippen LogP contribution < -0.4 is 11.1 Å². The second-order valence-corrected chi connectivity index (χ2v) is 5.44. The highest BCUT2D eigenvalue weighted by Crippen LogP contribution is 2.24. The van der Waals surface area contributed by atoms with E-state index in [0.717, 1.165) is 18.5 Å². The first-order valence-electron chi connectivity index (χ1n) is 7.75. The second kappa shape index (κ2) is 6.60. The molecule has 0 saturated heterocycles. The molecule has 0 unspecified atom stereocenters. The van der Waals surface area contributed by atoms with Crippen LogP contribution in [0, 0.1) is 0 Å². The molecule has 6 heteroatoms. The average molecular weight is 299 g/mol. The molecule has 1 aliphatic carbocycles. The number of hydrogen-bond acceptors (Lipinski definition) is 4. The Balaban J connectivity index is 1.53. The van der Waals surface area contributed by atoms with E-state index in [9.17, 15) is 0 Å². The maximum absolute atomic E-state index is 5.92. The molecule has 3 N–H and O–H groups in total. The summed E-state index contributed by atoms with van der Waals surface area (Å²) in [7, 11) is 0. The van der Waals surface area contributed by atoms with E-state index in [-0.39, 0.29) is 0 Å². The summed E-state index contributed by atoms with van der Waals surface area (Å²) >= 11 is 0. The zero-order valence-corrected chi connectivity index (χ0v) is 12.8. The number of fused-ring (bicyclic) bond motifs is 1. The summed E-state index contributed by atoms with van der Waals surface area (Å²) in [6.07, 6.45) is 4.95. The lowest BCUT2D eigenvalue weighted by Crippen LogP contribution is -2.23. The van der Waals surface area contributed by atoms with Crippen molar-refractivity contribution >= 4 is 11.6 Å². The average Bonchev–Trinajstić information content (AvgIpc) is 3.15. The first kappa shape index (κ1) is 14.6. The number of rotatable bonds is 5. The molecule has 116 valence electrons. The first-order valence-corrected chi connectivity index (χ1v) is 7.75. The van der Waals surface area contributed by atoms with Crippen molar-refractivity contribution in [2.75, 3.05) is 11.9 Å². The summed E-state index contributed by atoms with van der Waals surface area (Å²) in [4.78, 5) is 8.55. The zero-order chi connectivity index (χ0) is 15.4. The predicted molar refractivity (Wildman–Crippen MR) is 86.0 cm³/mol. The highest BCUT2D eigenvalue weighted by molar-refractivity contribution is 5.92. The number of nitrogens with zero attached hydrogens (tertiary/aromatic N) is 3. The van der Waals surface area contributed by atoms with Crippen molar-refractivity contribution in [3.63, 3.8) is 0 Å². The minimum absolute atomic E-state index is 0.414. The molecule has 1 aliphatic rings. The number of hydrogen-bond donors (Lipinski definition) is 2. The molecule has 0 aliphatic heterocycles. The highest BCUT2D eigenvalue weighted by atomic mass is 16.5. The Morgan fingerprint density at radius 1 is 1.36 bits per heavy atom. The molecule has 0 bridgehead atoms. The number of aliphatic imine (C=N–C) groups is 1. The Kier molecular flexibility index (Phi) is 4.37. The number of guanidine groups is 1. The number of nitrogens with one attached hydrogen (secondary N) is 1. The van der Waals surface area contributed by atoms with Crippen LogP contribution in [-0.2, 0) is 25.7 Å². The van der Waals surface area contributed by atoms with Crippen LogP contribution in [0.3, 0.4) is 0 Å². The summed E-state index contributed by atoms with van der Waals surface area (Å²) < 4.78 is 5.05. The molecular formula is C16H21N5O. The molecule has 0 atom stereocenters. The quantitative estimate of drug-likeness (QED) is 0.652. The van der Waals surface area contributed by atoms with Gasteiger partial charge in [-0.25, -0.2) is 0 Å². The molecule has 22 heavy (non-hydrogen) atoms. The van der Waals surface area contributed by atoms with Crippen molar-refractivity contribution in [3.8, 4) is 0 Å². The van der Waals surface area contributed by atoms with Crippen LogP contribution in [0.15, 0.2) is 27.7 Å². The standard InChI is InChI=1S/C16H21N5O/c1-2-15-20-14(21-22-15)8-9-18-16(17)19-13-7-6-11-4-3-5-12(11)10-13/h6-7,10H,2-5,8-9H2,1H3,(H3,17,18,19). The maximum atomic E-state index is 5.92. The van der Waals surface area contributed by atoms with Crippen LogP contribution in [0.4, 0.5) is 5.69 Å². The topological polar surface area (TPSA) is 89.3 Å². The van der Waals surface area contributed by atoms with E-state index in [2.05, 4.69) is 38.6 Å². The van der Waals surface area contributed by atoms with Gasteiger partial charge in [0, 0.05) is 25.1 Å². The highest BCUT2D eigenvalue weighted by Gasteiger charge is 2.10. The third-order valence-corrected chi connectivity index (χ3v) is 3.80. The number of aromatic nitrogens is 2. The summed E-state index contributed by atoms with van der Waals surface area (Å²) in [6, 6.07) is 6.39. The SMILES string of the molecule is CCc1nc(CCN=C(N)Nc2ccc3c(c2)CCC3)no1. The molecule has 2 aromatic rings. The molecule has 0 amide bonds. The molecule has 0 saturated carbocycles. The van der Waals surface area contributed by atoms with Crippen molar-refractivity contribution in [1.82, 2.24) is 10.1 Å². The third kappa shape index (κ3) is 3.44. The minimum Gasteiger partial charge on any atom is -0.370 e. The van der Waals surface area contributed by atoms with Gasteiger partial charge >= 0.3 is 0 Å². The number of anilines is 1. The Hall–Kier alpha value is -2.37. The van der Waals surface area contributed by atoms with Crippen molar-refractivity contribution in [2.45, 2.75) is 39.0 Å². The van der Waals surface area contributed by atoms with E-state index < -0.39 is 0 Å². The monoisotopic (exact) mass is 299 g/mol. The van der Waals surface area contributed by atoms with Crippen molar-refractivity contribution in [1.29, 1.82) is 0 Å². The van der Waals surface area contributed by atoms with Gasteiger partial charge in [0.25, 0.3) is 0 Å². The van der Waals surface area contributed by atoms with Gasteiger partial charge in [0.2, 0.25) is 5.89 Å². The Bertz CT molecular complexity index is 677. The van der Waals surface area contributed by atoms with E-state index in [1.54, 1.807) is 0 Å². The van der Waals surface area contributed by atoms with Crippen molar-refractivity contribution in [3.05, 3.63) is 41.0 Å². The largest absolute Gasteiger partial charge is 0.370 e. The van der Waals surface area contributed by atoms with E-state index >= 15 is 0 Å². The van der Waals surface area contributed by atoms with Crippen molar-refractivity contribution < 1.29 is 4.52 Å². The van der Waals surface area contributed by atoms with E-state index in [4.69, 9.17) is 10.3 Å². The van der Waals surface area contributed by atoms with Gasteiger partial charge in [-0.05, 0) is 42.5 Å². The third-order valence-electron chi connectivity index (χ3n) is 3.80. The number of aryl methyl sites for hydroxylation is 3. The van der Waals surface area contributed by atoms with E-state index in [0.29, 0.717) is 30.6 Å². The van der Waals surface area contributed by atoms with Gasteiger partial charge in [-0.1, -0.05) is 18.1 Å². The molecule has 0 radical (unpaired) electrons. The lowest BCUT2D eigenvalue weighted by Gasteiger charge is -2.07. The van der Waals surface area contributed by atoms with Gasteiger partial charge in [0.05, 0.1) is 0 Å². The van der Waals surface area contributed by atoms with E-state index in [1.165, 1.54) is 24.0 Å². The lowest BCUT2D eigenvalue weighted by molar-refractivity contribution is 0.376. The molecule has 1 aromatic carbocycles. The van der Waals surface area contributed by atoms with Crippen LogP contribution >= 0.6 is 0 Å².